The van der Waals surface area contributed by atoms with Crippen molar-refractivity contribution in [2.24, 2.45) is 0 Å². The first-order valence-corrected chi connectivity index (χ1v) is 5.44. The van der Waals surface area contributed by atoms with Crippen molar-refractivity contribution >= 4 is 15.9 Å². The van der Waals surface area contributed by atoms with Gasteiger partial charge < -0.3 is 9.15 Å². The van der Waals surface area contributed by atoms with Crippen LogP contribution in [0.5, 0.6) is 5.75 Å². The maximum atomic E-state index is 8.90. The molecular formula is C12H8BrNO2. The van der Waals surface area contributed by atoms with E-state index >= 15 is 0 Å². The minimum absolute atomic E-state index is 0.318. The summed E-state index contributed by atoms with van der Waals surface area (Å²) in [6.45, 7) is 0.318. The summed E-state index contributed by atoms with van der Waals surface area (Å²) in [5.74, 6) is 1.28. The van der Waals surface area contributed by atoms with E-state index in [1.165, 1.54) is 0 Å². The lowest BCUT2D eigenvalue weighted by Crippen LogP contribution is -1.95. The number of rotatable bonds is 3. The van der Waals surface area contributed by atoms with E-state index in [1.807, 2.05) is 6.07 Å². The smallest absolute Gasteiger partial charge is 0.146 e. The van der Waals surface area contributed by atoms with E-state index in [1.54, 1.807) is 30.5 Å². The fraction of sp³-hybridized carbons (Fsp3) is 0.0833. The van der Waals surface area contributed by atoms with Crippen LogP contribution in [0.1, 0.15) is 11.3 Å². The molecule has 80 valence electrons. The molecule has 0 atom stereocenters. The number of hydrogen-bond acceptors (Lipinski definition) is 3. The number of benzene rings is 1. The van der Waals surface area contributed by atoms with Crippen molar-refractivity contribution in [3.8, 4) is 11.8 Å². The predicted octanol–water partition coefficient (Wildman–Crippen LogP) is 3.49. The number of halogens is 1. The lowest BCUT2D eigenvalue weighted by Gasteiger charge is -2.06. The summed E-state index contributed by atoms with van der Waals surface area (Å²) in [4.78, 5) is 0. The summed E-state index contributed by atoms with van der Waals surface area (Å²) in [6, 6.07) is 11.0. The second-order valence-corrected chi connectivity index (χ2v) is 4.04. The topological polar surface area (TPSA) is 46.2 Å². The van der Waals surface area contributed by atoms with Gasteiger partial charge in [0.2, 0.25) is 0 Å². The molecule has 3 nitrogen and oxygen atoms in total. The average Bonchev–Trinajstić information content (AvgIpc) is 2.79. The van der Waals surface area contributed by atoms with Gasteiger partial charge >= 0.3 is 0 Å². The summed E-state index contributed by atoms with van der Waals surface area (Å²) in [7, 11) is 0. The molecule has 0 amide bonds. The van der Waals surface area contributed by atoms with Crippen LogP contribution in [0, 0.1) is 11.3 Å². The molecule has 0 aliphatic rings. The highest BCUT2D eigenvalue weighted by atomic mass is 79.9. The van der Waals surface area contributed by atoms with E-state index in [0.29, 0.717) is 17.9 Å². The van der Waals surface area contributed by atoms with Crippen LogP contribution in [-0.2, 0) is 6.61 Å². The number of hydrogen-bond donors (Lipinski definition) is 0. The highest BCUT2D eigenvalue weighted by molar-refractivity contribution is 9.10. The van der Waals surface area contributed by atoms with Gasteiger partial charge in [0.05, 0.1) is 11.8 Å². The summed E-state index contributed by atoms with van der Waals surface area (Å²) in [5.41, 5.74) is 0.509. The van der Waals surface area contributed by atoms with Crippen LogP contribution in [0.2, 0.25) is 0 Å². The Bertz CT molecular complexity index is 514. The molecule has 0 N–H and O–H groups in total. The molecule has 4 heteroatoms. The average molecular weight is 278 g/mol. The van der Waals surface area contributed by atoms with Gasteiger partial charge in [-0.1, -0.05) is 15.9 Å². The number of nitrogens with zero attached hydrogens (tertiary/aromatic N) is 1. The normalized spacial score (nSPS) is 9.75. The molecule has 1 aromatic heterocycles. The second kappa shape index (κ2) is 4.86. The van der Waals surface area contributed by atoms with Gasteiger partial charge in [-0.2, -0.15) is 5.26 Å². The Labute approximate surface area is 101 Å². The molecule has 2 rings (SSSR count). The molecule has 0 radical (unpaired) electrons. The van der Waals surface area contributed by atoms with Crippen LogP contribution in [-0.4, -0.2) is 0 Å². The number of nitriles is 1. The van der Waals surface area contributed by atoms with Crippen LogP contribution < -0.4 is 4.74 Å². The SMILES string of the molecule is N#Cc1ccc(Br)cc1OCc1ccco1. The van der Waals surface area contributed by atoms with Gasteiger partial charge in [-0.15, -0.1) is 0 Å². The largest absolute Gasteiger partial charge is 0.484 e. The van der Waals surface area contributed by atoms with Crippen LogP contribution in [0.4, 0.5) is 0 Å². The zero-order valence-corrected chi connectivity index (χ0v) is 9.90. The molecular weight excluding hydrogens is 270 g/mol. The molecule has 1 heterocycles. The van der Waals surface area contributed by atoms with Crippen LogP contribution >= 0.6 is 15.9 Å². The van der Waals surface area contributed by atoms with Gasteiger partial charge in [-0.25, -0.2) is 0 Å². The molecule has 0 aliphatic carbocycles. The quantitative estimate of drug-likeness (QED) is 0.863. The zero-order chi connectivity index (χ0) is 11.4. The van der Waals surface area contributed by atoms with E-state index in [0.717, 1.165) is 10.2 Å². The standard InChI is InChI=1S/C12H8BrNO2/c13-10-4-3-9(7-14)12(6-10)16-8-11-2-1-5-15-11/h1-6H,8H2. The highest BCUT2D eigenvalue weighted by Crippen LogP contribution is 2.23. The third-order valence-corrected chi connectivity index (χ3v) is 2.51. The Morgan fingerprint density at radius 2 is 2.25 bits per heavy atom. The van der Waals surface area contributed by atoms with Crippen molar-refractivity contribution in [2.75, 3.05) is 0 Å². The van der Waals surface area contributed by atoms with Crippen molar-refractivity contribution < 1.29 is 9.15 Å². The van der Waals surface area contributed by atoms with Gasteiger partial charge in [0.25, 0.3) is 0 Å². The van der Waals surface area contributed by atoms with Gasteiger partial charge in [0.1, 0.15) is 24.2 Å². The van der Waals surface area contributed by atoms with Crippen molar-refractivity contribution in [2.45, 2.75) is 6.61 Å². The Hall–Kier alpha value is -1.73. The molecule has 0 saturated heterocycles. The molecule has 0 fully saturated rings. The van der Waals surface area contributed by atoms with E-state index in [9.17, 15) is 0 Å². The maximum Gasteiger partial charge on any atom is 0.146 e. The third-order valence-electron chi connectivity index (χ3n) is 2.01. The van der Waals surface area contributed by atoms with E-state index in [2.05, 4.69) is 22.0 Å². The lowest BCUT2D eigenvalue weighted by molar-refractivity contribution is 0.269. The molecule has 0 saturated carbocycles. The molecule has 0 unspecified atom stereocenters. The Kier molecular flexibility index (Phi) is 3.28. The first kappa shape index (κ1) is 10.8. The zero-order valence-electron chi connectivity index (χ0n) is 8.31. The van der Waals surface area contributed by atoms with Crippen LogP contribution in [0.15, 0.2) is 45.5 Å². The molecule has 0 spiro atoms. The second-order valence-electron chi connectivity index (χ2n) is 3.12. The monoisotopic (exact) mass is 277 g/mol. The minimum atomic E-state index is 0.318. The highest BCUT2D eigenvalue weighted by Gasteiger charge is 2.05. The molecule has 0 aliphatic heterocycles. The number of ether oxygens (including phenoxy) is 1. The first-order chi connectivity index (χ1) is 7.79. The van der Waals surface area contributed by atoms with Crippen LogP contribution in [0.3, 0.4) is 0 Å². The van der Waals surface area contributed by atoms with Gasteiger partial charge in [0, 0.05) is 4.47 Å². The Balaban J connectivity index is 2.15. The number of furan rings is 1. The van der Waals surface area contributed by atoms with Crippen molar-refractivity contribution in [3.05, 3.63) is 52.4 Å². The fourth-order valence-corrected chi connectivity index (χ4v) is 1.59. The van der Waals surface area contributed by atoms with Gasteiger partial charge in [-0.05, 0) is 30.3 Å². The van der Waals surface area contributed by atoms with E-state index in [-0.39, 0.29) is 0 Å². The maximum absolute atomic E-state index is 8.90. The van der Waals surface area contributed by atoms with Crippen molar-refractivity contribution in [1.29, 1.82) is 5.26 Å². The van der Waals surface area contributed by atoms with Gasteiger partial charge in [0.15, 0.2) is 0 Å². The Morgan fingerprint density at radius 3 is 2.94 bits per heavy atom. The molecule has 1 aromatic carbocycles. The summed E-state index contributed by atoms with van der Waals surface area (Å²) < 4.78 is 11.5. The van der Waals surface area contributed by atoms with Crippen molar-refractivity contribution in [3.63, 3.8) is 0 Å². The summed E-state index contributed by atoms with van der Waals surface area (Å²) in [6.07, 6.45) is 1.59. The van der Waals surface area contributed by atoms with Crippen LogP contribution in [0.25, 0.3) is 0 Å². The third kappa shape index (κ3) is 2.44. The molecule has 2 aromatic rings. The molecule has 0 bridgehead atoms. The lowest BCUT2D eigenvalue weighted by atomic mass is 10.2. The predicted molar refractivity (Wildman–Crippen MR) is 61.9 cm³/mol. The van der Waals surface area contributed by atoms with E-state index in [4.69, 9.17) is 14.4 Å². The first-order valence-electron chi connectivity index (χ1n) is 4.64. The minimum Gasteiger partial charge on any atom is -0.484 e. The summed E-state index contributed by atoms with van der Waals surface area (Å²) >= 11 is 3.33. The molecule has 16 heavy (non-hydrogen) atoms. The summed E-state index contributed by atoms with van der Waals surface area (Å²) in [5, 5.41) is 8.90. The Morgan fingerprint density at radius 1 is 1.38 bits per heavy atom. The van der Waals surface area contributed by atoms with Crippen molar-refractivity contribution in [1.82, 2.24) is 0 Å². The fourth-order valence-electron chi connectivity index (χ4n) is 1.25. The van der Waals surface area contributed by atoms with Gasteiger partial charge in [-0.3, -0.25) is 0 Å². The van der Waals surface area contributed by atoms with E-state index < -0.39 is 0 Å².